The third-order valence-corrected chi connectivity index (χ3v) is 11.5. The number of benzene rings is 9. The van der Waals surface area contributed by atoms with Gasteiger partial charge in [-0.3, -0.25) is 0 Å². The summed E-state index contributed by atoms with van der Waals surface area (Å²) in [4.78, 5) is 0. The summed E-state index contributed by atoms with van der Waals surface area (Å²) in [6, 6.07) is 79.5. The van der Waals surface area contributed by atoms with Gasteiger partial charge < -0.3 is 8.98 Å². The van der Waals surface area contributed by atoms with E-state index in [1.807, 2.05) is 30.3 Å². The molecule has 0 radical (unpaired) electrons. The van der Waals surface area contributed by atoms with Crippen LogP contribution >= 0.6 is 0 Å². The molecule has 0 aliphatic carbocycles. The van der Waals surface area contributed by atoms with Crippen molar-refractivity contribution in [3.8, 4) is 84.2 Å². The van der Waals surface area contributed by atoms with Gasteiger partial charge in [-0.25, -0.2) is 0 Å². The first-order valence-corrected chi connectivity index (χ1v) is 20.2. The molecule has 0 bridgehead atoms. The zero-order valence-electron chi connectivity index (χ0n) is 32.6. The molecule has 0 saturated carbocycles. The standard InChI is InChI=1S/C56H37N3O/c1-3-15-38(16-4-1)45-19-7-8-22-48(45)43-33-36-54-52(37-43)51-25-13-14-26-53(51)59(54)44-34-31-40(32-35-44)47-21-10-12-24-50(47)49-23-11-9-20-46(49)39-27-29-42(30-28-39)56-58-57-55(60-56)41-17-5-2-6-18-41/h1-37H. The van der Waals surface area contributed by atoms with E-state index in [-0.39, 0.29) is 0 Å². The van der Waals surface area contributed by atoms with E-state index in [4.69, 9.17) is 4.42 Å². The van der Waals surface area contributed by atoms with Crippen molar-refractivity contribution >= 4 is 21.8 Å². The van der Waals surface area contributed by atoms with Crippen LogP contribution in [0.1, 0.15) is 0 Å². The molecular weight excluding hydrogens is 731 g/mol. The molecule has 0 atom stereocenters. The summed E-state index contributed by atoms with van der Waals surface area (Å²) in [5.74, 6) is 1.01. The molecule has 282 valence electrons. The minimum Gasteiger partial charge on any atom is -0.416 e. The number of hydrogen-bond acceptors (Lipinski definition) is 3. The highest BCUT2D eigenvalue weighted by Gasteiger charge is 2.17. The average molecular weight is 768 g/mol. The van der Waals surface area contributed by atoms with Gasteiger partial charge in [0.15, 0.2) is 0 Å². The molecule has 11 rings (SSSR count). The molecule has 0 aliphatic rings. The van der Waals surface area contributed by atoms with Gasteiger partial charge in [0, 0.05) is 27.6 Å². The summed E-state index contributed by atoms with van der Waals surface area (Å²) in [6.45, 7) is 0. The molecule has 4 heteroatoms. The van der Waals surface area contributed by atoms with Crippen LogP contribution in [0.4, 0.5) is 0 Å². The quantitative estimate of drug-likeness (QED) is 0.155. The Balaban J connectivity index is 0.932. The summed E-state index contributed by atoms with van der Waals surface area (Å²) < 4.78 is 8.44. The van der Waals surface area contributed by atoms with Crippen LogP contribution < -0.4 is 0 Å². The van der Waals surface area contributed by atoms with Crippen molar-refractivity contribution in [1.29, 1.82) is 0 Å². The van der Waals surface area contributed by atoms with Gasteiger partial charge in [-0.1, -0.05) is 170 Å². The van der Waals surface area contributed by atoms with E-state index < -0.39 is 0 Å². The molecule has 0 amide bonds. The van der Waals surface area contributed by atoms with Gasteiger partial charge >= 0.3 is 0 Å². The van der Waals surface area contributed by atoms with Crippen molar-refractivity contribution in [2.24, 2.45) is 0 Å². The van der Waals surface area contributed by atoms with Gasteiger partial charge in [-0.2, -0.15) is 0 Å². The maximum atomic E-state index is 6.05. The van der Waals surface area contributed by atoms with E-state index in [0.717, 1.165) is 33.5 Å². The highest BCUT2D eigenvalue weighted by Crippen LogP contribution is 2.41. The SMILES string of the molecule is c1ccc(-c2nnc(-c3ccc(-c4ccccc4-c4ccccc4-c4ccc(-n5c6ccccc6c6cc(-c7ccccc7-c7ccccc7)ccc65)cc4)cc3)o2)cc1. The maximum Gasteiger partial charge on any atom is 0.248 e. The van der Waals surface area contributed by atoms with E-state index in [1.54, 1.807) is 0 Å². The average Bonchev–Trinajstić information content (AvgIpc) is 3.96. The van der Waals surface area contributed by atoms with Crippen molar-refractivity contribution < 1.29 is 4.42 Å². The van der Waals surface area contributed by atoms with Crippen molar-refractivity contribution in [3.63, 3.8) is 0 Å². The molecule has 60 heavy (non-hydrogen) atoms. The van der Waals surface area contributed by atoms with E-state index in [9.17, 15) is 0 Å². The fourth-order valence-corrected chi connectivity index (χ4v) is 8.58. The molecule has 0 N–H and O–H groups in total. The number of para-hydroxylation sites is 1. The smallest absolute Gasteiger partial charge is 0.248 e. The summed E-state index contributed by atoms with van der Waals surface area (Å²) in [5, 5.41) is 11.1. The number of aromatic nitrogens is 3. The number of hydrogen-bond donors (Lipinski definition) is 0. The Hall–Kier alpha value is -8.08. The fourth-order valence-electron chi connectivity index (χ4n) is 8.58. The Bertz CT molecular complexity index is 3290. The first kappa shape index (κ1) is 35.1. The van der Waals surface area contributed by atoms with Crippen LogP contribution in [0.3, 0.4) is 0 Å². The van der Waals surface area contributed by atoms with Gasteiger partial charge in [-0.05, 0) is 110 Å². The van der Waals surface area contributed by atoms with Crippen LogP contribution in [0.25, 0.3) is 106 Å². The van der Waals surface area contributed by atoms with Crippen molar-refractivity contribution in [2.75, 3.05) is 0 Å². The lowest BCUT2D eigenvalue weighted by Gasteiger charge is -2.16. The number of fused-ring (bicyclic) bond motifs is 3. The number of nitrogens with zero attached hydrogens (tertiary/aromatic N) is 3. The van der Waals surface area contributed by atoms with E-state index in [2.05, 4.69) is 209 Å². The van der Waals surface area contributed by atoms with Gasteiger partial charge in [0.25, 0.3) is 0 Å². The maximum absolute atomic E-state index is 6.05. The Labute approximate surface area is 348 Å². The van der Waals surface area contributed by atoms with Crippen LogP contribution in [0.2, 0.25) is 0 Å². The minimum atomic E-state index is 0.498. The second-order valence-corrected chi connectivity index (χ2v) is 15.0. The molecule has 0 aliphatic heterocycles. The lowest BCUT2D eigenvalue weighted by atomic mass is 9.89. The van der Waals surface area contributed by atoms with E-state index in [0.29, 0.717) is 11.8 Å². The minimum absolute atomic E-state index is 0.498. The van der Waals surface area contributed by atoms with E-state index >= 15 is 0 Å². The molecular formula is C56H37N3O. The van der Waals surface area contributed by atoms with Gasteiger partial charge in [0.2, 0.25) is 11.8 Å². The lowest BCUT2D eigenvalue weighted by molar-refractivity contribution is 0.584. The Morgan fingerprint density at radius 2 is 0.667 bits per heavy atom. The predicted octanol–water partition coefficient (Wildman–Crippen LogP) is 14.8. The van der Waals surface area contributed by atoms with E-state index in [1.165, 1.54) is 60.8 Å². The third-order valence-electron chi connectivity index (χ3n) is 11.5. The van der Waals surface area contributed by atoms with Crippen LogP contribution in [-0.4, -0.2) is 14.8 Å². The summed E-state index contributed by atoms with van der Waals surface area (Å²) in [5.41, 5.74) is 17.1. The van der Waals surface area contributed by atoms with Crippen LogP contribution in [0.5, 0.6) is 0 Å². The number of rotatable bonds is 8. The predicted molar refractivity (Wildman–Crippen MR) is 247 cm³/mol. The summed E-state index contributed by atoms with van der Waals surface area (Å²) >= 11 is 0. The molecule has 9 aromatic carbocycles. The highest BCUT2D eigenvalue weighted by atomic mass is 16.4. The molecule has 0 fully saturated rings. The highest BCUT2D eigenvalue weighted by molar-refractivity contribution is 6.11. The first-order chi connectivity index (χ1) is 29.8. The Morgan fingerprint density at radius 3 is 1.27 bits per heavy atom. The zero-order chi connectivity index (χ0) is 39.8. The lowest BCUT2D eigenvalue weighted by Crippen LogP contribution is -1.94. The van der Waals surface area contributed by atoms with Crippen molar-refractivity contribution in [3.05, 3.63) is 224 Å². The molecule has 2 aromatic heterocycles. The summed E-state index contributed by atoms with van der Waals surface area (Å²) in [7, 11) is 0. The first-order valence-electron chi connectivity index (χ1n) is 20.2. The normalized spacial score (nSPS) is 11.3. The third kappa shape index (κ3) is 6.28. The topological polar surface area (TPSA) is 43.9 Å². The summed E-state index contributed by atoms with van der Waals surface area (Å²) in [6.07, 6.45) is 0. The monoisotopic (exact) mass is 767 g/mol. The second-order valence-electron chi connectivity index (χ2n) is 15.0. The molecule has 11 aromatic rings. The van der Waals surface area contributed by atoms with Crippen LogP contribution in [-0.2, 0) is 0 Å². The Morgan fingerprint density at radius 1 is 0.283 bits per heavy atom. The van der Waals surface area contributed by atoms with Crippen molar-refractivity contribution in [2.45, 2.75) is 0 Å². The fraction of sp³-hybridized carbons (Fsp3) is 0. The molecule has 0 spiro atoms. The Kier molecular flexibility index (Phi) is 8.79. The largest absolute Gasteiger partial charge is 0.416 e. The van der Waals surface area contributed by atoms with Crippen molar-refractivity contribution in [1.82, 2.24) is 14.8 Å². The molecule has 4 nitrogen and oxygen atoms in total. The van der Waals surface area contributed by atoms with Crippen LogP contribution in [0.15, 0.2) is 229 Å². The van der Waals surface area contributed by atoms with Gasteiger partial charge in [0.1, 0.15) is 0 Å². The molecule has 0 unspecified atom stereocenters. The molecule has 2 heterocycles. The molecule has 0 saturated heterocycles. The second kappa shape index (κ2) is 15.0. The van der Waals surface area contributed by atoms with Gasteiger partial charge in [0.05, 0.1) is 11.0 Å². The van der Waals surface area contributed by atoms with Crippen LogP contribution in [0, 0.1) is 0 Å². The van der Waals surface area contributed by atoms with Gasteiger partial charge in [-0.15, -0.1) is 10.2 Å². The zero-order valence-corrected chi connectivity index (χ0v) is 32.6.